The molecule has 28 heavy (non-hydrogen) atoms. The van der Waals surface area contributed by atoms with Crippen LogP contribution in [-0.2, 0) is 4.74 Å². The molecule has 0 aliphatic carbocycles. The van der Waals surface area contributed by atoms with E-state index in [9.17, 15) is 9.59 Å². The number of halogens is 1. The van der Waals surface area contributed by atoms with Crippen LogP contribution in [-0.4, -0.2) is 52.6 Å². The van der Waals surface area contributed by atoms with Crippen molar-refractivity contribution in [1.82, 2.24) is 20.2 Å². The first-order chi connectivity index (χ1) is 13.5. The second-order valence-corrected chi connectivity index (χ2v) is 7.79. The van der Waals surface area contributed by atoms with Gasteiger partial charge >= 0.3 is 6.09 Å². The average Bonchev–Trinajstić information content (AvgIpc) is 3.04. The molecule has 0 bridgehead atoms. The van der Waals surface area contributed by atoms with Crippen LogP contribution >= 0.6 is 22.9 Å². The number of amides is 2. The van der Waals surface area contributed by atoms with Crippen molar-refractivity contribution in [3.63, 3.8) is 0 Å². The van der Waals surface area contributed by atoms with Gasteiger partial charge in [0, 0.05) is 25.3 Å². The highest BCUT2D eigenvalue weighted by Gasteiger charge is 2.26. The first-order valence-corrected chi connectivity index (χ1v) is 10.2. The molecule has 3 rings (SSSR count). The molecule has 8 nitrogen and oxygen atoms in total. The van der Waals surface area contributed by atoms with Crippen molar-refractivity contribution in [1.29, 1.82) is 0 Å². The van der Waals surface area contributed by atoms with E-state index in [1.165, 1.54) is 11.3 Å². The summed E-state index contributed by atoms with van der Waals surface area (Å²) in [6.07, 6.45) is 2.64. The number of carbonyl (C=O) groups excluding carboxylic acids is 2. The maximum atomic E-state index is 12.7. The van der Waals surface area contributed by atoms with Crippen LogP contribution in [0.25, 0.3) is 0 Å². The van der Waals surface area contributed by atoms with E-state index in [2.05, 4.69) is 20.6 Å². The number of hydrogen-bond donors (Lipinski definition) is 2. The summed E-state index contributed by atoms with van der Waals surface area (Å²) in [5.74, 6) is 0.457. The van der Waals surface area contributed by atoms with Gasteiger partial charge in [-0.05, 0) is 38.8 Å². The van der Waals surface area contributed by atoms with Gasteiger partial charge in [-0.2, -0.15) is 0 Å². The van der Waals surface area contributed by atoms with E-state index < -0.39 is 0 Å². The number of likely N-dealkylation sites (tertiary alicyclic amines) is 1. The zero-order chi connectivity index (χ0) is 20.1. The van der Waals surface area contributed by atoms with Crippen LogP contribution in [0.1, 0.15) is 35.1 Å². The van der Waals surface area contributed by atoms with Crippen LogP contribution in [0.5, 0.6) is 0 Å². The van der Waals surface area contributed by atoms with Crippen molar-refractivity contribution in [3.8, 4) is 0 Å². The molecule has 2 N–H and O–H groups in total. The third-order valence-corrected chi connectivity index (χ3v) is 5.62. The van der Waals surface area contributed by atoms with Crippen molar-refractivity contribution in [2.45, 2.75) is 32.7 Å². The van der Waals surface area contributed by atoms with Gasteiger partial charge in [0.15, 0.2) is 5.13 Å². The minimum atomic E-state index is -0.294. The number of nitrogens with zero attached hydrogens (tertiary/aromatic N) is 3. The Bertz CT molecular complexity index is 834. The zero-order valence-corrected chi connectivity index (χ0v) is 17.3. The number of ether oxygens (including phenoxy) is 1. The van der Waals surface area contributed by atoms with Crippen LogP contribution < -0.4 is 10.6 Å². The van der Waals surface area contributed by atoms with Crippen molar-refractivity contribution in [3.05, 3.63) is 33.9 Å². The van der Waals surface area contributed by atoms with Crippen molar-refractivity contribution in [2.75, 3.05) is 25.0 Å². The summed E-state index contributed by atoms with van der Waals surface area (Å²) >= 11 is 7.11. The summed E-state index contributed by atoms with van der Waals surface area (Å²) in [5.41, 5.74) is 0.655. The first kappa shape index (κ1) is 20.3. The van der Waals surface area contributed by atoms with Crippen LogP contribution in [0.2, 0.25) is 5.02 Å². The third kappa shape index (κ3) is 5.11. The monoisotopic (exact) mass is 423 g/mol. The van der Waals surface area contributed by atoms with Gasteiger partial charge in [0.05, 0.1) is 17.3 Å². The molecule has 10 heteroatoms. The molecule has 2 amide bonds. The molecule has 150 valence electrons. The molecular formula is C18H22ClN5O3S. The Kier molecular flexibility index (Phi) is 6.69. The Labute approximate surface area is 172 Å². The fourth-order valence-corrected chi connectivity index (χ4v) is 3.88. The Morgan fingerprint density at radius 3 is 2.75 bits per heavy atom. The Hall–Kier alpha value is -2.39. The van der Waals surface area contributed by atoms with Gasteiger partial charge < -0.3 is 20.3 Å². The molecule has 1 saturated heterocycles. The Balaban J connectivity index is 1.56. The van der Waals surface area contributed by atoms with E-state index in [0.717, 1.165) is 0 Å². The van der Waals surface area contributed by atoms with Gasteiger partial charge in [-0.3, -0.25) is 4.79 Å². The van der Waals surface area contributed by atoms with E-state index in [-0.39, 0.29) is 18.0 Å². The SMILES string of the molecule is CCOC(=O)N1CCC(NC(=O)c2sc(Nc3ccc(Cl)cn3)nc2C)CC1. The predicted molar refractivity (Wildman–Crippen MR) is 108 cm³/mol. The Morgan fingerprint density at radius 2 is 2.11 bits per heavy atom. The lowest BCUT2D eigenvalue weighted by Crippen LogP contribution is -2.46. The van der Waals surface area contributed by atoms with Gasteiger partial charge in [0.2, 0.25) is 0 Å². The van der Waals surface area contributed by atoms with E-state index in [1.54, 1.807) is 37.1 Å². The van der Waals surface area contributed by atoms with Crippen LogP contribution in [0, 0.1) is 6.92 Å². The Morgan fingerprint density at radius 1 is 1.36 bits per heavy atom. The molecule has 2 aromatic heterocycles. The molecule has 0 aromatic carbocycles. The summed E-state index contributed by atoms with van der Waals surface area (Å²) < 4.78 is 5.01. The second kappa shape index (κ2) is 9.20. The minimum Gasteiger partial charge on any atom is -0.450 e. The largest absolute Gasteiger partial charge is 0.450 e. The summed E-state index contributed by atoms with van der Waals surface area (Å²) in [6.45, 7) is 5.09. The second-order valence-electron chi connectivity index (χ2n) is 6.35. The fourth-order valence-electron chi connectivity index (χ4n) is 2.89. The van der Waals surface area contributed by atoms with E-state index >= 15 is 0 Å². The highest BCUT2D eigenvalue weighted by molar-refractivity contribution is 7.17. The zero-order valence-electron chi connectivity index (χ0n) is 15.7. The van der Waals surface area contributed by atoms with Crippen molar-refractivity contribution < 1.29 is 14.3 Å². The highest BCUT2D eigenvalue weighted by atomic mass is 35.5. The normalized spacial score (nSPS) is 14.6. The number of anilines is 2. The van der Waals surface area contributed by atoms with Gasteiger partial charge in [0.1, 0.15) is 10.7 Å². The highest BCUT2D eigenvalue weighted by Crippen LogP contribution is 2.26. The van der Waals surface area contributed by atoms with E-state index in [4.69, 9.17) is 16.3 Å². The molecule has 0 atom stereocenters. The fraction of sp³-hybridized carbons (Fsp3) is 0.444. The van der Waals surface area contributed by atoms with Gasteiger partial charge in [-0.1, -0.05) is 22.9 Å². The molecule has 2 aromatic rings. The lowest BCUT2D eigenvalue weighted by Gasteiger charge is -2.31. The number of piperidine rings is 1. The summed E-state index contributed by atoms with van der Waals surface area (Å²) in [4.78, 5) is 35.2. The average molecular weight is 424 g/mol. The number of hydrogen-bond acceptors (Lipinski definition) is 7. The number of carbonyl (C=O) groups is 2. The first-order valence-electron chi connectivity index (χ1n) is 9.04. The number of pyridine rings is 1. The quantitative estimate of drug-likeness (QED) is 0.762. The van der Waals surface area contributed by atoms with E-state index in [1.807, 2.05) is 0 Å². The lowest BCUT2D eigenvalue weighted by atomic mass is 10.1. The number of aromatic nitrogens is 2. The summed E-state index contributed by atoms with van der Waals surface area (Å²) in [5, 5.41) is 7.27. The third-order valence-electron chi connectivity index (χ3n) is 4.32. The molecule has 0 unspecified atom stereocenters. The minimum absolute atomic E-state index is 0.0222. The summed E-state index contributed by atoms with van der Waals surface area (Å²) in [7, 11) is 0. The molecule has 1 fully saturated rings. The maximum Gasteiger partial charge on any atom is 0.409 e. The number of thiazole rings is 1. The van der Waals surface area contributed by atoms with Crippen molar-refractivity contribution >= 4 is 45.9 Å². The molecule has 1 aliphatic rings. The molecule has 1 aliphatic heterocycles. The predicted octanol–water partition coefficient (Wildman–Crippen LogP) is 3.59. The van der Waals surface area contributed by atoms with Gasteiger partial charge in [0.25, 0.3) is 5.91 Å². The van der Waals surface area contributed by atoms with Crippen LogP contribution in [0.4, 0.5) is 15.7 Å². The number of aryl methyl sites for hydroxylation is 1. The van der Waals surface area contributed by atoms with E-state index in [0.29, 0.717) is 59.1 Å². The lowest BCUT2D eigenvalue weighted by molar-refractivity contribution is 0.0862. The molecule has 0 saturated carbocycles. The number of rotatable bonds is 5. The topological polar surface area (TPSA) is 96.5 Å². The van der Waals surface area contributed by atoms with Crippen molar-refractivity contribution in [2.24, 2.45) is 0 Å². The smallest absolute Gasteiger partial charge is 0.409 e. The van der Waals surface area contributed by atoms with Gasteiger partial charge in [-0.25, -0.2) is 14.8 Å². The van der Waals surface area contributed by atoms with Gasteiger partial charge in [-0.15, -0.1) is 0 Å². The molecular weight excluding hydrogens is 402 g/mol. The maximum absolute atomic E-state index is 12.7. The molecule has 3 heterocycles. The van der Waals surface area contributed by atoms with Crippen LogP contribution in [0.3, 0.4) is 0 Å². The summed E-state index contributed by atoms with van der Waals surface area (Å²) in [6, 6.07) is 3.50. The standard InChI is InChI=1S/C18H22ClN5O3S/c1-3-27-18(26)24-8-6-13(7-9-24)22-16(25)15-11(2)21-17(28-15)23-14-5-4-12(19)10-20-14/h4-5,10,13H,3,6-9H2,1-2H3,(H,22,25)(H,20,21,23). The number of nitrogens with one attached hydrogen (secondary N) is 2. The van der Waals surface area contributed by atoms with Crippen LogP contribution in [0.15, 0.2) is 18.3 Å². The molecule has 0 spiro atoms. The molecule has 0 radical (unpaired) electrons.